The van der Waals surface area contributed by atoms with Crippen molar-refractivity contribution in [1.29, 1.82) is 5.26 Å². The Morgan fingerprint density at radius 1 is 1.00 bits per heavy atom. The number of amides is 1. The summed E-state index contributed by atoms with van der Waals surface area (Å²) in [5, 5.41) is 11.7. The summed E-state index contributed by atoms with van der Waals surface area (Å²) in [7, 11) is 0. The van der Waals surface area contributed by atoms with Crippen LogP contribution in [-0.2, 0) is 0 Å². The second kappa shape index (κ2) is 8.66. The summed E-state index contributed by atoms with van der Waals surface area (Å²) in [5.74, 6) is 0.664. The second-order valence-corrected chi connectivity index (χ2v) is 7.36. The first-order chi connectivity index (χ1) is 14.6. The van der Waals surface area contributed by atoms with Crippen LogP contribution in [-0.4, -0.2) is 37.1 Å². The maximum absolute atomic E-state index is 12.4. The number of aryl methyl sites for hydroxylation is 1. The number of aromatic nitrogens is 1. The van der Waals surface area contributed by atoms with Crippen LogP contribution in [0.4, 0.5) is 17.2 Å². The van der Waals surface area contributed by atoms with Gasteiger partial charge in [-0.1, -0.05) is 12.1 Å². The molecule has 1 amide bonds. The van der Waals surface area contributed by atoms with Gasteiger partial charge in [0.05, 0.1) is 17.2 Å². The minimum atomic E-state index is -0.219. The van der Waals surface area contributed by atoms with Crippen molar-refractivity contribution < 1.29 is 4.79 Å². The van der Waals surface area contributed by atoms with Crippen LogP contribution in [0.1, 0.15) is 21.5 Å². The van der Waals surface area contributed by atoms with Crippen molar-refractivity contribution in [1.82, 2.24) is 4.98 Å². The topological polar surface area (TPSA) is 72.3 Å². The molecule has 4 rings (SSSR count). The Morgan fingerprint density at radius 2 is 1.73 bits per heavy atom. The van der Waals surface area contributed by atoms with E-state index < -0.39 is 0 Å². The van der Waals surface area contributed by atoms with Gasteiger partial charge in [-0.15, -0.1) is 0 Å². The van der Waals surface area contributed by atoms with E-state index >= 15 is 0 Å². The van der Waals surface area contributed by atoms with Gasteiger partial charge in [0.15, 0.2) is 0 Å². The van der Waals surface area contributed by atoms with Crippen molar-refractivity contribution in [2.75, 3.05) is 41.3 Å². The van der Waals surface area contributed by atoms with Crippen LogP contribution in [0.15, 0.2) is 66.9 Å². The van der Waals surface area contributed by atoms with Gasteiger partial charge in [-0.25, -0.2) is 4.98 Å². The molecule has 30 heavy (non-hydrogen) atoms. The molecule has 0 bridgehead atoms. The molecule has 0 radical (unpaired) electrons. The summed E-state index contributed by atoms with van der Waals surface area (Å²) >= 11 is 0. The Morgan fingerprint density at radius 3 is 2.37 bits per heavy atom. The molecule has 6 heteroatoms. The third-order valence-electron chi connectivity index (χ3n) is 5.25. The van der Waals surface area contributed by atoms with Gasteiger partial charge in [-0.3, -0.25) is 4.79 Å². The van der Waals surface area contributed by atoms with Gasteiger partial charge in [0.25, 0.3) is 5.91 Å². The van der Waals surface area contributed by atoms with E-state index in [9.17, 15) is 4.79 Å². The average molecular weight is 397 g/mol. The number of carbonyl (C=O) groups excluding carboxylic acids is 1. The molecule has 0 aliphatic carbocycles. The van der Waals surface area contributed by atoms with Crippen LogP contribution in [0.25, 0.3) is 0 Å². The molecule has 1 N–H and O–H groups in total. The Labute approximate surface area is 176 Å². The molecule has 2 heterocycles. The number of rotatable bonds is 4. The number of benzene rings is 2. The highest BCUT2D eigenvalue weighted by atomic mass is 16.1. The lowest BCUT2D eigenvalue weighted by molar-refractivity contribution is 0.102. The van der Waals surface area contributed by atoms with Crippen LogP contribution < -0.4 is 15.1 Å². The maximum Gasteiger partial charge on any atom is 0.257 e. The van der Waals surface area contributed by atoms with E-state index in [1.165, 1.54) is 11.3 Å². The second-order valence-electron chi connectivity index (χ2n) is 7.36. The fourth-order valence-corrected chi connectivity index (χ4v) is 3.56. The summed E-state index contributed by atoms with van der Waals surface area (Å²) < 4.78 is 0. The fraction of sp³-hybridized carbons (Fsp3) is 0.208. The van der Waals surface area contributed by atoms with Gasteiger partial charge in [0.1, 0.15) is 5.82 Å². The van der Waals surface area contributed by atoms with Crippen LogP contribution in [0.5, 0.6) is 0 Å². The van der Waals surface area contributed by atoms with Crippen molar-refractivity contribution in [2.24, 2.45) is 0 Å². The molecule has 0 unspecified atom stereocenters. The average Bonchev–Trinajstić information content (AvgIpc) is 2.80. The lowest BCUT2D eigenvalue weighted by atomic mass is 10.2. The van der Waals surface area contributed by atoms with E-state index in [1.807, 2.05) is 6.07 Å². The number of anilines is 3. The van der Waals surface area contributed by atoms with E-state index in [2.05, 4.69) is 57.4 Å². The molecule has 2 aromatic carbocycles. The quantitative estimate of drug-likeness (QED) is 0.724. The lowest BCUT2D eigenvalue weighted by Crippen LogP contribution is -2.46. The fourth-order valence-electron chi connectivity index (χ4n) is 3.56. The molecule has 1 aromatic heterocycles. The largest absolute Gasteiger partial charge is 0.368 e. The molecule has 150 valence electrons. The Hall–Kier alpha value is -3.85. The van der Waals surface area contributed by atoms with Crippen LogP contribution in [0.3, 0.4) is 0 Å². The molecule has 0 atom stereocenters. The van der Waals surface area contributed by atoms with E-state index in [1.54, 1.807) is 36.5 Å². The molecule has 3 aromatic rings. The highest BCUT2D eigenvalue weighted by Gasteiger charge is 2.19. The van der Waals surface area contributed by atoms with Gasteiger partial charge in [0.2, 0.25) is 0 Å². The number of hydrogen-bond donors (Lipinski definition) is 1. The van der Waals surface area contributed by atoms with Gasteiger partial charge in [-0.2, -0.15) is 5.26 Å². The summed E-state index contributed by atoms with van der Waals surface area (Å²) in [4.78, 5) is 21.6. The minimum Gasteiger partial charge on any atom is -0.368 e. The van der Waals surface area contributed by atoms with Gasteiger partial charge in [-0.05, 0) is 61.0 Å². The third kappa shape index (κ3) is 4.41. The van der Waals surface area contributed by atoms with Crippen molar-refractivity contribution in [2.45, 2.75) is 6.92 Å². The van der Waals surface area contributed by atoms with Gasteiger partial charge in [0, 0.05) is 43.8 Å². The van der Waals surface area contributed by atoms with Crippen molar-refractivity contribution in [3.8, 4) is 6.07 Å². The summed E-state index contributed by atoms with van der Waals surface area (Å²) in [6.45, 7) is 5.76. The predicted molar refractivity (Wildman–Crippen MR) is 119 cm³/mol. The van der Waals surface area contributed by atoms with E-state index in [0.29, 0.717) is 16.8 Å². The summed E-state index contributed by atoms with van der Waals surface area (Å²) in [6.07, 6.45) is 1.61. The molecule has 6 nitrogen and oxygen atoms in total. The highest BCUT2D eigenvalue weighted by Crippen LogP contribution is 2.20. The van der Waals surface area contributed by atoms with Gasteiger partial charge < -0.3 is 15.1 Å². The first-order valence-electron chi connectivity index (χ1n) is 9.96. The zero-order valence-electron chi connectivity index (χ0n) is 16.9. The Kier molecular flexibility index (Phi) is 5.62. The standard InChI is InChI=1S/C24H23N5O/c1-18-3-2-4-22(15-18)28-11-13-29(14-12-28)23-10-7-20(17-26-23)24(30)27-21-8-5-19(16-25)6-9-21/h2-10,15,17H,11-14H2,1H3,(H,27,30). The number of nitrogens with zero attached hydrogens (tertiary/aromatic N) is 4. The summed E-state index contributed by atoms with van der Waals surface area (Å²) in [6, 6.07) is 21.1. The van der Waals surface area contributed by atoms with Crippen molar-refractivity contribution >= 4 is 23.1 Å². The lowest BCUT2D eigenvalue weighted by Gasteiger charge is -2.36. The molecule has 1 fully saturated rings. The highest BCUT2D eigenvalue weighted by molar-refractivity contribution is 6.04. The summed E-state index contributed by atoms with van der Waals surface area (Å²) in [5.41, 5.74) is 4.24. The first kappa shape index (κ1) is 19.5. The number of pyridine rings is 1. The zero-order chi connectivity index (χ0) is 20.9. The smallest absolute Gasteiger partial charge is 0.257 e. The van der Waals surface area contributed by atoms with E-state index in [4.69, 9.17) is 5.26 Å². The maximum atomic E-state index is 12.4. The van der Waals surface area contributed by atoms with Gasteiger partial charge >= 0.3 is 0 Å². The van der Waals surface area contributed by atoms with Crippen LogP contribution in [0.2, 0.25) is 0 Å². The third-order valence-corrected chi connectivity index (χ3v) is 5.25. The normalized spacial score (nSPS) is 13.6. The molecule has 0 spiro atoms. The predicted octanol–water partition coefficient (Wildman–Crippen LogP) is 3.84. The number of nitriles is 1. The molecular weight excluding hydrogens is 374 g/mol. The van der Waals surface area contributed by atoms with Crippen LogP contribution >= 0.6 is 0 Å². The molecule has 1 saturated heterocycles. The van der Waals surface area contributed by atoms with Crippen molar-refractivity contribution in [3.63, 3.8) is 0 Å². The number of carbonyl (C=O) groups is 1. The zero-order valence-corrected chi connectivity index (χ0v) is 16.9. The molecule has 1 aliphatic heterocycles. The first-order valence-corrected chi connectivity index (χ1v) is 9.96. The van der Waals surface area contributed by atoms with E-state index in [0.717, 1.165) is 32.0 Å². The van der Waals surface area contributed by atoms with Crippen molar-refractivity contribution in [3.05, 3.63) is 83.6 Å². The minimum absolute atomic E-state index is 0.219. The monoisotopic (exact) mass is 397 g/mol. The number of nitrogens with one attached hydrogen (secondary N) is 1. The van der Waals surface area contributed by atoms with E-state index in [-0.39, 0.29) is 5.91 Å². The number of hydrogen-bond acceptors (Lipinski definition) is 5. The molecule has 0 saturated carbocycles. The SMILES string of the molecule is Cc1cccc(N2CCN(c3ccc(C(=O)Nc4ccc(C#N)cc4)cn3)CC2)c1. The van der Waals surface area contributed by atoms with Crippen LogP contribution in [0, 0.1) is 18.3 Å². The Balaban J connectivity index is 1.35. The molecular formula is C24H23N5O. The number of piperazine rings is 1. The molecule has 1 aliphatic rings. The Bertz CT molecular complexity index is 1060.